The van der Waals surface area contributed by atoms with E-state index in [1.165, 1.54) is 0 Å². The highest BCUT2D eigenvalue weighted by Gasteiger charge is 2.36. The van der Waals surface area contributed by atoms with E-state index in [1.54, 1.807) is 13.2 Å². The minimum atomic E-state index is -0.341. The van der Waals surface area contributed by atoms with E-state index in [2.05, 4.69) is 10.6 Å². The van der Waals surface area contributed by atoms with E-state index in [1.807, 2.05) is 26.0 Å². The van der Waals surface area contributed by atoms with Gasteiger partial charge in [-0.1, -0.05) is 0 Å². The van der Waals surface area contributed by atoms with Crippen molar-refractivity contribution in [2.24, 2.45) is 5.41 Å². The van der Waals surface area contributed by atoms with Gasteiger partial charge in [-0.05, 0) is 38.9 Å². The minimum absolute atomic E-state index is 0. The monoisotopic (exact) mass is 314 g/mol. The number of nitrogens with one attached hydrogen (secondary N) is 2. The molecule has 2 N–H and O–H groups in total. The van der Waals surface area contributed by atoms with Gasteiger partial charge in [0.2, 0.25) is 5.91 Å². The first kappa shape index (κ1) is 17.6. The summed E-state index contributed by atoms with van der Waals surface area (Å²) in [4.78, 5) is 12.3. The molecule has 1 aliphatic rings. The van der Waals surface area contributed by atoms with Crippen molar-refractivity contribution in [1.82, 2.24) is 5.32 Å². The van der Waals surface area contributed by atoms with Gasteiger partial charge >= 0.3 is 0 Å². The first-order valence-corrected chi connectivity index (χ1v) is 6.92. The molecule has 1 aromatic carbocycles. The Labute approximate surface area is 131 Å². The van der Waals surface area contributed by atoms with Crippen molar-refractivity contribution in [2.45, 2.75) is 20.3 Å². The van der Waals surface area contributed by atoms with E-state index in [9.17, 15) is 4.79 Å². The van der Waals surface area contributed by atoms with Crippen molar-refractivity contribution >= 4 is 24.0 Å². The van der Waals surface area contributed by atoms with Crippen molar-refractivity contribution in [1.29, 1.82) is 0 Å². The highest BCUT2D eigenvalue weighted by molar-refractivity contribution is 5.95. The maximum atomic E-state index is 12.3. The molecule has 1 aromatic rings. The van der Waals surface area contributed by atoms with Crippen molar-refractivity contribution < 1.29 is 14.3 Å². The maximum Gasteiger partial charge on any atom is 0.231 e. The van der Waals surface area contributed by atoms with E-state index >= 15 is 0 Å². The van der Waals surface area contributed by atoms with Gasteiger partial charge in [0.05, 0.1) is 19.1 Å². The van der Waals surface area contributed by atoms with Crippen LogP contribution in [0.2, 0.25) is 0 Å². The molecule has 6 heteroatoms. The van der Waals surface area contributed by atoms with Crippen LogP contribution in [0.25, 0.3) is 0 Å². The summed E-state index contributed by atoms with van der Waals surface area (Å²) in [6, 6.07) is 5.43. The molecule has 0 saturated carbocycles. The zero-order valence-corrected chi connectivity index (χ0v) is 13.5. The highest BCUT2D eigenvalue weighted by atomic mass is 35.5. The van der Waals surface area contributed by atoms with Crippen LogP contribution in [0.15, 0.2) is 18.2 Å². The summed E-state index contributed by atoms with van der Waals surface area (Å²) in [5.41, 5.74) is 0.384. The van der Waals surface area contributed by atoms with E-state index in [0.29, 0.717) is 24.7 Å². The smallest absolute Gasteiger partial charge is 0.231 e. The Morgan fingerprint density at radius 1 is 1.43 bits per heavy atom. The second kappa shape index (κ2) is 7.52. The molecule has 1 atom stereocenters. The molecule has 0 aliphatic carbocycles. The molecular formula is C15H23ClN2O3. The quantitative estimate of drug-likeness (QED) is 0.876. The summed E-state index contributed by atoms with van der Waals surface area (Å²) < 4.78 is 10.7. The van der Waals surface area contributed by atoms with E-state index in [4.69, 9.17) is 9.47 Å². The predicted molar refractivity (Wildman–Crippen MR) is 85.6 cm³/mol. The number of rotatable bonds is 5. The predicted octanol–water partition coefficient (Wildman–Crippen LogP) is 2.45. The molecule has 2 rings (SSSR count). The van der Waals surface area contributed by atoms with Crippen LogP contribution in [-0.4, -0.2) is 32.7 Å². The molecule has 1 aliphatic heterocycles. The molecule has 1 saturated heterocycles. The topological polar surface area (TPSA) is 59.6 Å². The number of benzene rings is 1. The summed E-state index contributed by atoms with van der Waals surface area (Å²) in [6.07, 6.45) is 0.854. The Morgan fingerprint density at radius 2 is 2.19 bits per heavy atom. The Bertz CT molecular complexity index is 488. The maximum absolute atomic E-state index is 12.3. The van der Waals surface area contributed by atoms with Gasteiger partial charge in [0.1, 0.15) is 0 Å². The number of halogens is 1. The van der Waals surface area contributed by atoms with E-state index in [-0.39, 0.29) is 23.7 Å². The summed E-state index contributed by atoms with van der Waals surface area (Å²) in [5, 5.41) is 6.18. The van der Waals surface area contributed by atoms with E-state index < -0.39 is 0 Å². The van der Waals surface area contributed by atoms with Gasteiger partial charge in [0.15, 0.2) is 11.5 Å². The average molecular weight is 315 g/mol. The third-order valence-electron chi connectivity index (χ3n) is 3.64. The number of carbonyl (C=O) groups excluding carboxylic acids is 1. The number of methoxy groups -OCH3 is 1. The van der Waals surface area contributed by atoms with Crippen molar-refractivity contribution in [3.05, 3.63) is 18.2 Å². The van der Waals surface area contributed by atoms with Crippen LogP contribution in [0.1, 0.15) is 20.3 Å². The van der Waals surface area contributed by atoms with Crippen molar-refractivity contribution in [3.63, 3.8) is 0 Å². The third kappa shape index (κ3) is 4.02. The molecule has 1 fully saturated rings. The Kier molecular flexibility index (Phi) is 6.30. The highest BCUT2D eigenvalue weighted by Crippen LogP contribution is 2.32. The molecule has 0 spiro atoms. The second-order valence-electron chi connectivity index (χ2n) is 5.24. The fraction of sp³-hybridized carbons (Fsp3) is 0.533. The van der Waals surface area contributed by atoms with Crippen LogP contribution < -0.4 is 20.1 Å². The number of carbonyl (C=O) groups is 1. The molecule has 1 amide bonds. The minimum Gasteiger partial charge on any atom is -0.493 e. The van der Waals surface area contributed by atoms with Crippen LogP contribution in [0, 0.1) is 5.41 Å². The van der Waals surface area contributed by atoms with Crippen molar-refractivity contribution in [2.75, 3.05) is 32.1 Å². The third-order valence-corrected chi connectivity index (χ3v) is 3.64. The lowest BCUT2D eigenvalue weighted by Crippen LogP contribution is -2.35. The molecule has 1 heterocycles. The first-order chi connectivity index (χ1) is 9.59. The number of hydrogen-bond acceptors (Lipinski definition) is 4. The van der Waals surface area contributed by atoms with Gasteiger partial charge in [0.25, 0.3) is 0 Å². The molecule has 21 heavy (non-hydrogen) atoms. The molecule has 1 unspecified atom stereocenters. The summed E-state index contributed by atoms with van der Waals surface area (Å²) in [6.45, 7) is 6.08. The Balaban J connectivity index is 0.00000220. The molecule has 0 radical (unpaired) electrons. The number of amides is 1. The molecular weight excluding hydrogens is 292 g/mol. The summed E-state index contributed by atoms with van der Waals surface area (Å²) >= 11 is 0. The van der Waals surface area contributed by atoms with Gasteiger partial charge in [-0.2, -0.15) is 0 Å². The van der Waals surface area contributed by atoms with Gasteiger partial charge < -0.3 is 20.1 Å². The molecule has 0 aromatic heterocycles. The molecule has 118 valence electrons. The number of ether oxygens (including phenoxy) is 2. The van der Waals surface area contributed by atoms with Gasteiger partial charge in [-0.25, -0.2) is 0 Å². The lowest BCUT2D eigenvalue weighted by Gasteiger charge is -2.21. The van der Waals surface area contributed by atoms with Crippen LogP contribution in [0.4, 0.5) is 5.69 Å². The van der Waals surface area contributed by atoms with Crippen LogP contribution in [0.5, 0.6) is 11.5 Å². The molecule has 0 bridgehead atoms. The fourth-order valence-corrected chi connectivity index (χ4v) is 2.31. The number of hydrogen-bond donors (Lipinski definition) is 2. The lowest BCUT2D eigenvalue weighted by molar-refractivity contribution is -0.123. The molecule has 5 nitrogen and oxygen atoms in total. The van der Waals surface area contributed by atoms with Gasteiger partial charge in [-0.3, -0.25) is 4.79 Å². The number of anilines is 1. The summed E-state index contributed by atoms with van der Waals surface area (Å²) in [7, 11) is 1.59. The van der Waals surface area contributed by atoms with Crippen LogP contribution in [0.3, 0.4) is 0 Å². The Hall–Kier alpha value is -1.46. The Morgan fingerprint density at radius 3 is 2.76 bits per heavy atom. The van der Waals surface area contributed by atoms with Gasteiger partial charge in [-0.15, -0.1) is 12.4 Å². The summed E-state index contributed by atoms with van der Waals surface area (Å²) in [5.74, 6) is 1.34. The zero-order chi connectivity index (χ0) is 14.6. The normalized spacial score (nSPS) is 20.5. The van der Waals surface area contributed by atoms with Gasteiger partial charge in [0, 0.05) is 18.3 Å². The average Bonchev–Trinajstić information content (AvgIpc) is 2.89. The van der Waals surface area contributed by atoms with Crippen molar-refractivity contribution in [3.8, 4) is 11.5 Å². The largest absolute Gasteiger partial charge is 0.493 e. The van der Waals surface area contributed by atoms with E-state index in [0.717, 1.165) is 18.7 Å². The lowest BCUT2D eigenvalue weighted by atomic mass is 9.89. The SMILES string of the molecule is CCOc1ccc(NC(=O)C2(C)CCNC2)cc1OC.Cl. The first-order valence-electron chi connectivity index (χ1n) is 6.92. The van der Waals surface area contributed by atoms with Crippen LogP contribution in [-0.2, 0) is 4.79 Å². The second-order valence-corrected chi connectivity index (χ2v) is 5.24. The van der Waals surface area contributed by atoms with Crippen LogP contribution >= 0.6 is 12.4 Å². The fourth-order valence-electron chi connectivity index (χ4n) is 2.31. The zero-order valence-electron chi connectivity index (χ0n) is 12.7. The standard InChI is InChI=1S/C15H22N2O3.ClH/c1-4-20-12-6-5-11(9-13(12)19-3)17-14(18)15(2)7-8-16-10-15;/h5-6,9,16H,4,7-8,10H2,1-3H3,(H,17,18);1H.